The lowest BCUT2D eigenvalue weighted by atomic mass is 10.2. The van der Waals surface area contributed by atoms with Gasteiger partial charge in [-0.2, -0.15) is 0 Å². The summed E-state index contributed by atoms with van der Waals surface area (Å²) >= 11 is 7.26. The fourth-order valence-corrected chi connectivity index (χ4v) is 4.06. The summed E-state index contributed by atoms with van der Waals surface area (Å²) in [5.74, 6) is 0.0452. The van der Waals surface area contributed by atoms with E-state index in [-0.39, 0.29) is 18.4 Å². The fraction of sp³-hybridized carbons (Fsp3) is 0.227. The Morgan fingerprint density at radius 1 is 1.17 bits per heavy atom. The highest BCUT2D eigenvalue weighted by Gasteiger charge is 2.23. The Labute approximate surface area is 184 Å². The smallest absolute Gasteiger partial charge is 0.266 e. The molecule has 2 aromatic carbocycles. The molecule has 0 atom stereocenters. The number of halogens is 1. The lowest BCUT2D eigenvalue weighted by Crippen LogP contribution is -2.37. The van der Waals surface area contributed by atoms with Gasteiger partial charge in [0, 0.05) is 17.1 Å². The third-order valence-electron chi connectivity index (χ3n) is 4.47. The van der Waals surface area contributed by atoms with Crippen molar-refractivity contribution in [1.82, 2.24) is 9.88 Å². The molecule has 0 bridgehead atoms. The van der Waals surface area contributed by atoms with Crippen molar-refractivity contribution in [2.45, 2.75) is 13.8 Å². The molecule has 6 nitrogen and oxygen atoms in total. The number of likely N-dealkylation sites (N-methyl/N-ethyl adjacent to an activating group) is 1. The van der Waals surface area contributed by atoms with Crippen molar-refractivity contribution in [3.05, 3.63) is 64.1 Å². The summed E-state index contributed by atoms with van der Waals surface area (Å²) in [4.78, 5) is 32.2. The molecule has 0 unspecified atom stereocenters. The quantitative estimate of drug-likeness (QED) is 0.564. The molecule has 3 aromatic rings. The van der Waals surface area contributed by atoms with E-state index in [0.29, 0.717) is 33.6 Å². The van der Waals surface area contributed by atoms with Crippen molar-refractivity contribution >= 4 is 40.4 Å². The minimum absolute atomic E-state index is 0.0685. The molecular formula is C22H22ClN3O3S. The van der Waals surface area contributed by atoms with Crippen LogP contribution in [0, 0.1) is 6.92 Å². The van der Waals surface area contributed by atoms with Crippen molar-refractivity contribution in [3.63, 3.8) is 0 Å². The summed E-state index contributed by atoms with van der Waals surface area (Å²) in [6, 6.07) is 14.4. The van der Waals surface area contributed by atoms with Crippen LogP contribution in [0.15, 0.2) is 48.5 Å². The second kappa shape index (κ2) is 9.73. The molecule has 0 radical (unpaired) electrons. The molecule has 1 aromatic heterocycles. The minimum Gasteiger partial charge on any atom is -0.495 e. The predicted molar refractivity (Wildman–Crippen MR) is 120 cm³/mol. The molecular weight excluding hydrogens is 422 g/mol. The molecule has 2 amide bonds. The first-order chi connectivity index (χ1) is 14.4. The zero-order valence-electron chi connectivity index (χ0n) is 16.9. The summed E-state index contributed by atoms with van der Waals surface area (Å²) in [5.41, 5.74) is 2.09. The Balaban J connectivity index is 1.74. The molecule has 156 valence electrons. The van der Waals surface area contributed by atoms with Gasteiger partial charge in [-0.1, -0.05) is 35.9 Å². The van der Waals surface area contributed by atoms with E-state index in [1.165, 1.54) is 23.3 Å². The molecule has 30 heavy (non-hydrogen) atoms. The number of anilines is 1. The number of nitrogens with one attached hydrogen (secondary N) is 1. The van der Waals surface area contributed by atoms with Gasteiger partial charge in [-0.05, 0) is 38.1 Å². The first kappa shape index (κ1) is 21.8. The average Bonchev–Trinajstić information content (AvgIpc) is 3.14. The number of hydrogen-bond donors (Lipinski definition) is 1. The third-order valence-corrected chi connectivity index (χ3v) is 5.91. The van der Waals surface area contributed by atoms with Crippen LogP contribution in [0.4, 0.5) is 5.69 Å². The zero-order chi connectivity index (χ0) is 21.7. The Hall–Kier alpha value is -2.90. The molecule has 0 aliphatic carbocycles. The monoisotopic (exact) mass is 443 g/mol. The first-order valence-corrected chi connectivity index (χ1v) is 10.6. The first-order valence-electron chi connectivity index (χ1n) is 9.38. The largest absolute Gasteiger partial charge is 0.495 e. The highest BCUT2D eigenvalue weighted by Crippen LogP contribution is 2.30. The van der Waals surface area contributed by atoms with Gasteiger partial charge in [0.15, 0.2) is 0 Å². The number of carbonyl (C=O) groups excluding carboxylic acids is 2. The number of aromatic nitrogens is 1. The lowest BCUT2D eigenvalue weighted by molar-refractivity contribution is -0.116. The van der Waals surface area contributed by atoms with Gasteiger partial charge in [-0.15, -0.1) is 11.3 Å². The van der Waals surface area contributed by atoms with Crippen LogP contribution in [0.2, 0.25) is 5.02 Å². The minimum atomic E-state index is -0.296. The summed E-state index contributed by atoms with van der Waals surface area (Å²) < 4.78 is 5.25. The molecule has 0 saturated carbocycles. The van der Waals surface area contributed by atoms with Crippen LogP contribution in [0.1, 0.15) is 22.3 Å². The van der Waals surface area contributed by atoms with E-state index >= 15 is 0 Å². The maximum Gasteiger partial charge on any atom is 0.266 e. The second-order valence-electron chi connectivity index (χ2n) is 6.51. The Morgan fingerprint density at radius 3 is 2.53 bits per heavy atom. The Morgan fingerprint density at radius 2 is 1.87 bits per heavy atom. The lowest BCUT2D eigenvalue weighted by Gasteiger charge is -2.20. The number of ether oxygens (including phenoxy) is 1. The van der Waals surface area contributed by atoms with Crippen LogP contribution in [-0.2, 0) is 4.79 Å². The normalized spacial score (nSPS) is 10.5. The standard InChI is InChI=1S/C22H22ClN3O3S/c1-4-26(13-19(27)25-17-7-5-6-8-18(17)29-3)22(28)20-14(2)24-21(30-20)15-9-11-16(23)12-10-15/h5-12H,4,13H2,1-3H3,(H,25,27). The summed E-state index contributed by atoms with van der Waals surface area (Å²) in [6.07, 6.45) is 0. The Bertz CT molecular complexity index is 1050. The molecule has 0 saturated heterocycles. The predicted octanol–water partition coefficient (Wildman–Crippen LogP) is 4.88. The van der Waals surface area contributed by atoms with Crippen molar-refractivity contribution in [2.75, 3.05) is 25.5 Å². The van der Waals surface area contributed by atoms with Gasteiger partial charge in [-0.3, -0.25) is 9.59 Å². The van der Waals surface area contributed by atoms with E-state index < -0.39 is 0 Å². The number of rotatable bonds is 7. The molecule has 1 heterocycles. The summed E-state index contributed by atoms with van der Waals surface area (Å²) in [6.45, 7) is 3.96. The van der Waals surface area contributed by atoms with Gasteiger partial charge in [0.2, 0.25) is 5.91 Å². The van der Waals surface area contributed by atoms with Crippen LogP contribution >= 0.6 is 22.9 Å². The summed E-state index contributed by atoms with van der Waals surface area (Å²) in [7, 11) is 1.54. The van der Waals surface area contributed by atoms with E-state index in [9.17, 15) is 9.59 Å². The van der Waals surface area contributed by atoms with Gasteiger partial charge >= 0.3 is 0 Å². The molecule has 8 heteroatoms. The fourth-order valence-electron chi connectivity index (χ4n) is 2.89. The molecule has 1 N–H and O–H groups in total. The maximum absolute atomic E-state index is 13.1. The molecule has 0 aliphatic heterocycles. The van der Waals surface area contributed by atoms with Gasteiger partial charge in [0.05, 0.1) is 18.5 Å². The number of amides is 2. The van der Waals surface area contributed by atoms with E-state index in [4.69, 9.17) is 16.3 Å². The van der Waals surface area contributed by atoms with E-state index in [0.717, 1.165) is 10.6 Å². The number of nitrogens with zero attached hydrogens (tertiary/aromatic N) is 2. The van der Waals surface area contributed by atoms with Crippen LogP contribution in [-0.4, -0.2) is 41.9 Å². The van der Waals surface area contributed by atoms with Gasteiger partial charge < -0.3 is 15.0 Å². The average molecular weight is 444 g/mol. The van der Waals surface area contributed by atoms with Gasteiger partial charge in [-0.25, -0.2) is 4.98 Å². The van der Waals surface area contributed by atoms with Gasteiger partial charge in [0.1, 0.15) is 22.2 Å². The van der Waals surface area contributed by atoms with Crippen LogP contribution in [0.5, 0.6) is 5.75 Å². The van der Waals surface area contributed by atoms with Crippen LogP contribution in [0.3, 0.4) is 0 Å². The van der Waals surface area contributed by atoms with Crippen LogP contribution < -0.4 is 10.1 Å². The molecule has 3 rings (SSSR count). The molecule has 0 spiro atoms. The van der Waals surface area contributed by atoms with E-state index in [1.807, 2.05) is 25.1 Å². The number of aryl methyl sites for hydroxylation is 1. The van der Waals surface area contributed by atoms with E-state index in [2.05, 4.69) is 10.3 Å². The highest BCUT2D eigenvalue weighted by molar-refractivity contribution is 7.17. The van der Waals surface area contributed by atoms with Crippen molar-refractivity contribution in [2.24, 2.45) is 0 Å². The number of para-hydroxylation sites is 2. The number of carbonyl (C=O) groups is 2. The van der Waals surface area contributed by atoms with Crippen LogP contribution in [0.25, 0.3) is 10.6 Å². The second-order valence-corrected chi connectivity index (χ2v) is 7.94. The number of hydrogen-bond acceptors (Lipinski definition) is 5. The molecule has 0 fully saturated rings. The van der Waals surface area contributed by atoms with Crippen molar-refractivity contribution < 1.29 is 14.3 Å². The Kier molecular flexibility index (Phi) is 7.07. The third kappa shape index (κ3) is 4.98. The SMILES string of the molecule is CCN(CC(=O)Nc1ccccc1OC)C(=O)c1sc(-c2ccc(Cl)cc2)nc1C. The van der Waals surface area contributed by atoms with E-state index in [1.54, 1.807) is 37.3 Å². The van der Waals surface area contributed by atoms with Crippen molar-refractivity contribution in [3.8, 4) is 16.3 Å². The highest BCUT2D eigenvalue weighted by atomic mass is 35.5. The molecule has 0 aliphatic rings. The number of thiazole rings is 1. The topological polar surface area (TPSA) is 71.5 Å². The maximum atomic E-state index is 13.1. The summed E-state index contributed by atoms with van der Waals surface area (Å²) in [5, 5.41) is 4.18. The van der Waals surface area contributed by atoms with Gasteiger partial charge in [0.25, 0.3) is 5.91 Å². The zero-order valence-corrected chi connectivity index (χ0v) is 18.5. The number of methoxy groups -OCH3 is 1. The number of benzene rings is 2. The van der Waals surface area contributed by atoms with Crippen molar-refractivity contribution in [1.29, 1.82) is 0 Å².